The van der Waals surface area contributed by atoms with Crippen molar-refractivity contribution in [3.8, 4) is 5.88 Å². The molecule has 3 nitrogen and oxygen atoms in total. The number of aromatic nitrogens is 1. The highest BCUT2D eigenvalue weighted by atomic mass is 32.1. The summed E-state index contributed by atoms with van der Waals surface area (Å²) in [5, 5.41) is 0. The molecule has 7 heteroatoms. The number of hydrogen-bond donors (Lipinski definition) is 1. The molecule has 0 spiro atoms. The van der Waals surface area contributed by atoms with Crippen molar-refractivity contribution in [2.75, 3.05) is 6.61 Å². The molecule has 0 bridgehead atoms. The van der Waals surface area contributed by atoms with Gasteiger partial charge in [-0.05, 0) is 18.6 Å². The van der Waals surface area contributed by atoms with Crippen LogP contribution in [-0.2, 0) is 6.18 Å². The summed E-state index contributed by atoms with van der Waals surface area (Å²) in [5.41, 5.74) is 4.69. The van der Waals surface area contributed by atoms with Crippen LogP contribution in [0.4, 0.5) is 13.2 Å². The monoisotopic (exact) mass is 320 g/mol. The van der Waals surface area contributed by atoms with Gasteiger partial charge in [-0.3, -0.25) is 0 Å². The molecule has 1 aromatic heterocycles. The molecule has 0 aromatic carbocycles. The van der Waals surface area contributed by atoms with Crippen molar-refractivity contribution in [2.45, 2.75) is 45.2 Å². The van der Waals surface area contributed by atoms with E-state index in [2.05, 4.69) is 11.9 Å². The molecule has 118 valence electrons. The molecular formula is C14H19F3N2OS. The van der Waals surface area contributed by atoms with E-state index in [9.17, 15) is 13.2 Å². The third kappa shape index (κ3) is 5.87. The summed E-state index contributed by atoms with van der Waals surface area (Å²) < 4.78 is 43.3. The first-order valence-electron chi connectivity index (χ1n) is 6.87. The molecule has 0 saturated carbocycles. The lowest BCUT2D eigenvalue weighted by Gasteiger charge is -2.12. The molecule has 21 heavy (non-hydrogen) atoms. The highest BCUT2D eigenvalue weighted by Gasteiger charge is 2.33. The van der Waals surface area contributed by atoms with E-state index < -0.39 is 11.9 Å². The van der Waals surface area contributed by atoms with E-state index in [0.717, 1.165) is 38.2 Å². The zero-order chi connectivity index (χ0) is 15.9. The Labute approximate surface area is 127 Å². The zero-order valence-electron chi connectivity index (χ0n) is 11.9. The van der Waals surface area contributed by atoms with Crippen molar-refractivity contribution >= 4 is 17.2 Å². The van der Waals surface area contributed by atoms with Gasteiger partial charge in [0.05, 0.1) is 12.2 Å². The molecule has 0 aliphatic heterocycles. The Kier molecular flexibility index (Phi) is 6.87. The average molecular weight is 320 g/mol. The third-order valence-electron chi connectivity index (χ3n) is 2.90. The second-order valence-electron chi connectivity index (χ2n) is 4.67. The first kappa shape index (κ1) is 17.7. The molecule has 0 amide bonds. The van der Waals surface area contributed by atoms with Crippen molar-refractivity contribution in [1.29, 1.82) is 0 Å². The van der Waals surface area contributed by atoms with Crippen molar-refractivity contribution in [1.82, 2.24) is 4.98 Å². The normalized spacial score (nSPS) is 11.4. The van der Waals surface area contributed by atoms with Crippen LogP contribution >= 0.6 is 12.2 Å². The number of hydrogen-bond acceptors (Lipinski definition) is 3. The van der Waals surface area contributed by atoms with Gasteiger partial charge in [-0.2, -0.15) is 13.2 Å². The Morgan fingerprint density at radius 3 is 2.48 bits per heavy atom. The number of thiocarbonyl (C=S) groups is 1. The second-order valence-corrected chi connectivity index (χ2v) is 5.11. The molecule has 2 N–H and O–H groups in total. The van der Waals surface area contributed by atoms with Crippen LogP contribution in [0.25, 0.3) is 0 Å². The molecule has 1 aromatic rings. The van der Waals surface area contributed by atoms with Crippen LogP contribution in [0.2, 0.25) is 0 Å². The summed E-state index contributed by atoms with van der Waals surface area (Å²) in [6.07, 6.45) is 0.553. The van der Waals surface area contributed by atoms with Crippen LogP contribution in [0.5, 0.6) is 5.88 Å². The molecule has 1 heterocycles. The Hall–Kier alpha value is -1.37. The van der Waals surface area contributed by atoms with E-state index in [1.807, 2.05) is 0 Å². The smallest absolute Gasteiger partial charge is 0.433 e. The van der Waals surface area contributed by atoms with Crippen LogP contribution in [0, 0.1) is 0 Å². The third-order valence-corrected chi connectivity index (χ3v) is 3.12. The topological polar surface area (TPSA) is 48.1 Å². The summed E-state index contributed by atoms with van der Waals surface area (Å²) >= 11 is 4.80. The van der Waals surface area contributed by atoms with Gasteiger partial charge in [0.2, 0.25) is 5.88 Å². The molecular weight excluding hydrogens is 301 g/mol. The van der Waals surface area contributed by atoms with E-state index >= 15 is 0 Å². The van der Waals surface area contributed by atoms with Gasteiger partial charge in [-0.25, -0.2) is 4.98 Å². The highest BCUT2D eigenvalue weighted by Crippen LogP contribution is 2.30. The quantitative estimate of drug-likeness (QED) is 0.579. The highest BCUT2D eigenvalue weighted by molar-refractivity contribution is 7.80. The molecule has 0 atom stereocenters. The number of nitrogens with two attached hydrogens (primary N) is 1. The molecule has 0 saturated heterocycles. The summed E-state index contributed by atoms with van der Waals surface area (Å²) in [6.45, 7) is 2.41. The Morgan fingerprint density at radius 1 is 1.24 bits per heavy atom. The van der Waals surface area contributed by atoms with E-state index in [1.165, 1.54) is 6.07 Å². The number of rotatable bonds is 8. The largest absolute Gasteiger partial charge is 0.477 e. The minimum absolute atomic E-state index is 0.0304. The van der Waals surface area contributed by atoms with Crippen molar-refractivity contribution in [2.24, 2.45) is 5.73 Å². The maximum Gasteiger partial charge on any atom is 0.433 e. The molecule has 0 radical (unpaired) electrons. The molecule has 0 unspecified atom stereocenters. The van der Waals surface area contributed by atoms with Gasteiger partial charge in [0.1, 0.15) is 10.7 Å². The lowest BCUT2D eigenvalue weighted by molar-refractivity contribution is -0.141. The van der Waals surface area contributed by atoms with Gasteiger partial charge in [0.15, 0.2) is 0 Å². The Balaban J connectivity index is 2.71. The van der Waals surface area contributed by atoms with E-state index in [1.54, 1.807) is 0 Å². The maximum absolute atomic E-state index is 12.6. The van der Waals surface area contributed by atoms with Gasteiger partial charge in [0, 0.05) is 0 Å². The average Bonchev–Trinajstić information content (AvgIpc) is 2.41. The fraction of sp³-hybridized carbons (Fsp3) is 0.571. The fourth-order valence-corrected chi connectivity index (χ4v) is 1.93. The predicted octanol–water partition coefficient (Wildman–Crippen LogP) is 4.08. The van der Waals surface area contributed by atoms with Gasteiger partial charge in [-0.1, -0.05) is 44.8 Å². The van der Waals surface area contributed by atoms with Crippen LogP contribution in [0.15, 0.2) is 12.1 Å². The van der Waals surface area contributed by atoms with Crippen LogP contribution in [-0.4, -0.2) is 16.6 Å². The lowest BCUT2D eigenvalue weighted by atomic mass is 10.2. The van der Waals surface area contributed by atoms with Crippen LogP contribution < -0.4 is 10.5 Å². The minimum Gasteiger partial charge on any atom is -0.477 e. The van der Waals surface area contributed by atoms with Gasteiger partial charge >= 0.3 is 6.18 Å². The standard InChI is InChI=1S/C14H19F3N2OS/c1-2-3-4-5-6-9-20-13-10(12(18)21)7-8-11(19-13)14(15,16)17/h7-8H,2-6,9H2,1H3,(H2,18,21). The van der Waals surface area contributed by atoms with Gasteiger partial charge in [-0.15, -0.1) is 0 Å². The molecule has 0 fully saturated rings. The predicted molar refractivity (Wildman–Crippen MR) is 79.4 cm³/mol. The van der Waals surface area contributed by atoms with Gasteiger partial charge in [0.25, 0.3) is 0 Å². The SMILES string of the molecule is CCCCCCCOc1nc(C(F)(F)F)ccc1C(N)=S. The molecule has 0 aliphatic rings. The first-order valence-corrected chi connectivity index (χ1v) is 7.28. The van der Waals surface area contributed by atoms with E-state index in [0.29, 0.717) is 6.61 Å². The van der Waals surface area contributed by atoms with Crippen molar-refractivity contribution < 1.29 is 17.9 Å². The summed E-state index contributed by atoms with van der Waals surface area (Å²) in [6, 6.07) is 2.05. The number of ether oxygens (including phenoxy) is 1. The lowest BCUT2D eigenvalue weighted by Crippen LogP contribution is -2.16. The van der Waals surface area contributed by atoms with E-state index in [-0.39, 0.29) is 16.4 Å². The van der Waals surface area contributed by atoms with Crippen molar-refractivity contribution in [3.63, 3.8) is 0 Å². The van der Waals surface area contributed by atoms with Crippen LogP contribution in [0.3, 0.4) is 0 Å². The fourth-order valence-electron chi connectivity index (χ4n) is 1.77. The Morgan fingerprint density at radius 2 is 1.90 bits per heavy atom. The van der Waals surface area contributed by atoms with E-state index in [4.69, 9.17) is 22.7 Å². The summed E-state index contributed by atoms with van der Waals surface area (Å²) in [7, 11) is 0. The minimum atomic E-state index is -4.52. The number of nitrogens with zero attached hydrogens (tertiary/aromatic N) is 1. The Bertz CT molecular complexity index is 478. The second kappa shape index (κ2) is 8.17. The summed E-state index contributed by atoms with van der Waals surface area (Å²) in [4.78, 5) is 3.45. The molecule has 1 rings (SSSR count). The van der Waals surface area contributed by atoms with Gasteiger partial charge < -0.3 is 10.5 Å². The zero-order valence-corrected chi connectivity index (χ0v) is 12.7. The van der Waals surface area contributed by atoms with Crippen molar-refractivity contribution in [3.05, 3.63) is 23.4 Å². The summed E-state index contributed by atoms with van der Waals surface area (Å²) in [5.74, 6) is -0.146. The number of unbranched alkanes of at least 4 members (excludes halogenated alkanes) is 4. The number of halogens is 3. The first-order chi connectivity index (χ1) is 9.86. The molecule has 0 aliphatic carbocycles. The number of pyridine rings is 1. The number of alkyl halides is 3. The van der Waals surface area contributed by atoms with Crippen LogP contribution in [0.1, 0.15) is 50.3 Å². The maximum atomic E-state index is 12.6.